The van der Waals surface area contributed by atoms with E-state index in [2.05, 4.69) is 5.32 Å². The van der Waals surface area contributed by atoms with Crippen molar-refractivity contribution < 1.29 is 13.9 Å². The van der Waals surface area contributed by atoms with Crippen LogP contribution in [0.15, 0.2) is 18.2 Å². The summed E-state index contributed by atoms with van der Waals surface area (Å²) in [5.41, 5.74) is 1.18. The monoisotopic (exact) mass is 225 g/mol. The first-order valence-corrected chi connectivity index (χ1v) is 5.55. The molecule has 0 saturated heterocycles. The molecule has 0 fully saturated rings. The van der Waals surface area contributed by atoms with Gasteiger partial charge in [-0.25, -0.2) is 4.39 Å². The molecule has 1 aromatic rings. The molecular weight excluding hydrogens is 209 g/mol. The highest BCUT2D eigenvalue weighted by Crippen LogP contribution is 2.30. The average Bonchev–Trinajstić information content (AvgIpc) is 2.34. The maximum absolute atomic E-state index is 11.8. The first-order valence-electron chi connectivity index (χ1n) is 5.55. The van der Waals surface area contributed by atoms with Gasteiger partial charge in [-0.3, -0.25) is 0 Å². The summed E-state index contributed by atoms with van der Waals surface area (Å²) in [5.74, 6) is 1.63. The minimum Gasteiger partial charge on any atom is -0.486 e. The van der Waals surface area contributed by atoms with E-state index in [0.29, 0.717) is 19.8 Å². The van der Waals surface area contributed by atoms with E-state index in [1.807, 2.05) is 18.2 Å². The predicted octanol–water partition coefficient (Wildman–Crippen LogP) is 1.56. The van der Waals surface area contributed by atoms with E-state index in [0.717, 1.165) is 24.5 Å². The van der Waals surface area contributed by atoms with Gasteiger partial charge in [-0.15, -0.1) is 0 Å². The summed E-state index contributed by atoms with van der Waals surface area (Å²) in [6, 6.07) is 5.94. The van der Waals surface area contributed by atoms with Crippen molar-refractivity contribution >= 4 is 0 Å². The summed E-state index contributed by atoms with van der Waals surface area (Å²) in [6.45, 7) is 2.11. The number of fused-ring (bicyclic) bond motifs is 1. The minimum atomic E-state index is -0.318. The van der Waals surface area contributed by atoms with Crippen molar-refractivity contribution in [2.24, 2.45) is 0 Å². The molecule has 0 aromatic heterocycles. The molecule has 0 aliphatic carbocycles. The molecule has 3 nitrogen and oxygen atoms in total. The van der Waals surface area contributed by atoms with Crippen LogP contribution in [0.3, 0.4) is 0 Å². The summed E-state index contributed by atoms with van der Waals surface area (Å²) < 4.78 is 22.8. The smallest absolute Gasteiger partial charge is 0.161 e. The maximum Gasteiger partial charge on any atom is 0.161 e. The Hall–Kier alpha value is -1.29. The quantitative estimate of drug-likeness (QED) is 0.771. The van der Waals surface area contributed by atoms with Crippen LogP contribution in [0.4, 0.5) is 4.39 Å². The fourth-order valence-corrected chi connectivity index (χ4v) is 1.67. The number of benzene rings is 1. The van der Waals surface area contributed by atoms with E-state index in [-0.39, 0.29) is 6.67 Å². The maximum atomic E-state index is 11.8. The number of rotatable bonds is 5. The summed E-state index contributed by atoms with van der Waals surface area (Å²) >= 11 is 0. The second-order valence-corrected chi connectivity index (χ2v) is 3.67. The highest BCUT2D eigenvalue weighted by atomic mass is 19.1. The normalized spacial score (nSPS) is 13.8. The summed E-state index contributed by atoms with van der Waals surface area (Å²) in [6.07, 6.45) is 0.872. The lowest BCUT2D eigenvalue weighted by Crippen LogP contribution is -2.20. The van der Waals surface area contributed by atoms with Gasteiger partial charge in [0.2, 0.25) is 0 Å². The topological polar surface area (TPSA) is 30.5 Å². The molecule has 2 rings (SSSR count). The number of alkyl halides is 1. The van der Waals surface area contributed by atoms with Gasteiger partial charge in [0.15, 0.2) is 11.5 Å². The van der Waals surface area contributed by atoms with Gasteiger partial charge < -0.3 is 14.8 Å². The Kier molecular flexibility index (Phi) is 3.99. The molecule has 0 saturated carbocycles. The third kappa shape index (κ3) is 2.85. The molecule has 1 N–H and O–H groups in total. The van der Waals surface area contributed by atoms with Gasteiger partial charge in [-0.05, 0) is 30.7 Å². The fourth-order valence-electron chi connectivity index (χ4n) is 1.67. The van der Waals surface area contributed by atoms with Crippen LogP contribution in [0, 0.1) is 0 Å². The molecule has 1 heterocycles. The third-order valence-corrected chi connectivity index (χ3v) is 2.47. The van der Waals surface area contributed by atoms with E-state index in [1.165, 1.54) is 5.56 Å². The Morgan fingerprint density at radius 2 is 1.94 bits per heavy atom. The molecule has 0 amide bonds. The van der Waals surface area contributed by atoms with Gasteiger partial charge in [0.1, 0.15) is 19.9 Å². The van der Waals surface area contributed by atoms with Crippen LogP contribution in [0.1, 0.15) is 5.56 Å². The van der Waals surface area contributed by atoms with Gasteiger partial charge in [0.25, 0.3) is 0 Å². The SMILES string of the molecule is FCCNCCc1ccc2c(c1)OCCO2. The van der Waals surface area contributed by atoms with Crippen LogP contribution in [-0.4, -0.2) is 33.0 Å². The number of hydrogen-bond acceptors (Lipinski definition) is 3. The molecule has 0 radical (unpaired) electrons. The molecule has 16 heavy (non-hydrogen) atoms. The van der Waals surface area contributed by atoms with Gasteiger partial charge in [0.05, 0.1) is 0 Å². The summed E-state index contributed by atoms with van der Waals surface area (Å²) in [4.78, 5) is 0. The average molecular weight is 225 g/mol. The number of nitrogens with one attached hydrogen (secondary N) is 1. The summed E-state index contributed by atoms with van der Waals surface area (Å²) in [7, 11) is 0. The summed E-state index contributed by atoms with van der Waals surface area (Å²) in [5, 5.41) is 3.02. The fraction of sp³-hybridized carbons (Fsp3) is 0.500. The number of hydrogen-bond donors (Lipinski definition) is 1. The first kappa shape index (κ1) is 11.2. The standard InChI is InChI=1S/C12H16FNO2/c13-4-6-14-5-3-10-1-2-11-12(9-10)16-8-7-15-11/h1-2,9,14H,3-8H2. The van der Waals surface area contributed by atoms with Crippen LogP contribution in [0.25, 0.3) is 0 Å². The molecule has 1 aliphatic rings. The molecule has 0 bridgehead atoms. The minimum absolute atomic E-state index is 0.318. The predicted molar refractivity (Wildman–Crippen MR) is 60.0 cm³/mol. The lowest BCUT2D eigenvalue weighted by atomic mass is 10.1. The molecule has 88 valence electrons. The molecule has 4 heteroatoms. The molecule has 0 spiro atoms. The van der Waals surface area contributed by atoms with Gasteiger partial charge in [0, 0.05) is 6.54 Å². The number of ether oxygens (including phenoxy) is 2. The Balaban J connectivity index is 1.90. The van der Waals surface area contributed by atoms with Crippen LogP contribution in [-0.2, 0) is 6.42 Å². The zero-order valence-corrected chi connectivity index (χ0v) is 9.17. The van der Waals surface area contributed by atoms with Crippen LogP contribution in [0.2, 0.25) is 0 Å². The Morgan fingerprint density at radius 3 is 2.75 bits per heavy atom. The van der Waals surface area contributed by atoms with Crippen molar-refractivity contribution in [3.63, 3.8) is 0 Å². The second-order valence-electron chi connectivity index (χ2n) is 3.67. The van der Waals surface area contributed by atoms with E-state index < -0.39 is 0 Å². The molecular formula is C12H16FNO2. The van der Waals surface area contributed by atoms with Crippen LogP contribution in [0.5, 0.6) is 11.5 Å². The second kappa shape index (κ2) is 5.70. The molecule has 1 aliphatic heterocycles. The van der Waals surface area contributed by atoms with E-state index >= 15 is 0 Å². The molecule has 1 aromatic carbocycles. The third-order valence-electron chi connectivity index (χ3n) is 2.47. The van der Waals surface area contributed by atoms with Crippen molar-refractivity contribution in [3.8, 4) is 11.5 Å². The number of halogens is 1. The Labute approximate surface area is 94.6 Å². The van der Waals surface area contributed by atoms with E-state index in [1.54, 1.807) is 0 Å². The Bertz CT molecular complexity index is 344. The van der Waals surface area contributed by atoms with E-state index in [4.69, 9.17) is 9.47 Å². The largest absolute Gasteiger partial charge is 0.486 e. The Morgan fingerprint density at radius 1 is 1.12 bits per heavy atom. The van der Waals surface area contributed by atoms with E-state index in [9.17, 15) is 4.39 Å². The van der Waals surface area contributed by atoms with Crippen LogP contribution < -0.4 is 14.8 Å². The highest BCUT2D eigenvalue weighted by Gasteiger charge is 2.11. The lowest BCUT2D eigenvalue weighted by molar-refractivity contribution is 0.171. The zero-order valence-electron chi connectivity index (χ0n) is 9.17. The lowest BCUT2D eigenvalue weighted by Gasteiger charge is -2.18. The van der Waals surface area contributed by atoms with Crippen molar-refractivity contribution in [2.45, 2.75) is 6.42 Å². The van der Waals surface area contributed by atoms with Crippen molar-refractivity contribution in [3.05, 3.63) is 23.8 Å². The molecule has 0 atom stereocenters. The van der Waals surface area contributed by atoms with Gasteiger partial charge >= 0.3 is 0 Å². The zero-order chi connectivity index (χ0) is 11.2. The molecule has 0 unspecified atom stereocenters. The van der Waals surface area contributed by atoms with Gasteiger partial charge in [-0.2, -0.15) is 0 Å². The van der Waals surface area contributed by atoms with Crippen molar-refractivity contribution in [2.75, 3.05) is 33.0 Å². The van der Waals surface area contributed by atoms with Crippen molar-refractivity contribution in [1.29, 1.82) is 0 Å². The van der Waals surface area contributed by atoms with Crippen LogP contribution >= 0.6 is 0 Å². The van der Waals surface area contributed by atoms with Gasteiger partial charge in [-0.1, -0.05) is 6.07 Å². The van der Waals surface area contributed by atoms with Crippen molar-refractivity contribution in [1.82, 2.24) is 5.32 Å². The first-order chi connectivity index (χ1) is 7.90. The highest BCUT2D eigenvalue weighted by molar-refractivity contribution is 5.43.